The van der Waals surface area contributed by atoms with E-state index in [0.29, 0.717) is 11.4 Å². The summed E-state index contributed by atoms with van der Waals surface area (Å²) in [6.45, 7) is 1.19. The van der Waals surface area contributed by atoms with Crippen LogP contribution in [0, 0.1) is 0 Å². The maximum Gasteiger partial charge on any atom is 0.328 e. The molecular formula is C17H19N3O5. The van der Waals surface area contributed by atoms with Crippen molar-refractivity contribution in [1.82, 2.24) is 15.1 Å². The smallest absolute Gasteiger partial charge is 0.328 e. The maximum atomic E-state index is 12.0. The van der Waals surface area contributed by atoms with Crippen LogP contribution in [0.4, 0.5) is 0 Å². The number of ether oxygens (including phenoxy) is 2. The van der Waals surface area contributed by atoms with E-state index < -0.39 is 23.5 Å². The summed E-state index contributed by atoms with van der Waals surface area (Å²) in [5.74, 6) is -0.434. The van der Waals surface area contributed by atoms with Crippen molar-refractivity contribution in [3.63, 3.8) is 0 Å². The van der Waals surface area contributed by atoms with Gasteiger partial charge in [-0.05, 0) is 25.1 Å². The molecule has 2 aromatic rings. The molecule has 1 atom stereocenters. The topological polar surface area (TPSA) is 99.5 Å². The fourth-order valence-electron chi connectivity index (χ4n) is 2.16. The van der Waals surface area contributed by atoms with Crippen LogP contribution >= 0.6 is 0 Å². The van der Waals surface area contributed by atoms with E-state index in [1.165, 1.54) is 20.1 Å². The first kappa shape index (κ1) is 18.2. The third-order valence-electron chi connectivity index (χ3n) is 3.46. The van der Waals surface area contributed by atoms with E-state index >= 15 is 0 Å². The Bertz CT molecular complexity index is 831. The van der Waals surface area contributed by atoms with Gasteiger partial charge in [0.15, 0.2) is 0 Å². The van der Waals surface area contributed by atoms with Crippen molar-refractivity contribution >= 4 is 11.9 Å². The van der Waals surface area contributed by atoms with Crippen molar-refractivity contribution in [2.24, 2.45) is 0 Å². The van der Waals surface area contributed by atoms with E-state index in [4.69, 9.17) is 4.74 Å². The highest BCUT2D eigenvalue weighted by Crippen LogP contribution is 2.20. The van der Waals surface area contributed by atoms with Crippen LogP contribution in [-0.2, 0) is 20.9 Å². The average molecular weight is 345 g/mol. The Labute approximate surface area is 144 Å². The van der Waals surface area contributed by atoms with Gasteiger partial charge in [0.25, 0.3) is 5.56 Å². The Morgan fingerprint density at radius 2 is 2.00 bits per heavy atom. The van der Waals surface area contributed by atoms with Crippen molar-refractivity contribution in [1.29, 1.82) is 0 Å². The van der Waals surface area contributed by atoms with Gasteiger partial charge in [-0.2, -0.15) is 5.10 Å². The minimum atomic E-state index is -0.810. The highest BCUT2D eigenvalue weighted by Gasteiger charge is 2.16. The second-order valence-electron chi connectivity index (χ2n) is 5.26. The van der Waals surface area contributed by atoms with Crippen LogP contribution in [-0.4, -0.2) is 41.9 Å². The molecule has 25 heavy (non-hydrogen) atoms. The molecule has 1 heterocycles. The molecule has 0 fully saturated rings. The van der Waals surface area contributed by atoms with Gasteiger partial charge in [-0.15, -0.1) is 0 Å². The molecule has 1 amide bonds. The fourth-order valence-corrected chi connectivity index (χ4v) is 2.16. The van der Waals surface area contributed by atoms with E-state index in [-0.39, 0.29) is 6.54 Å². The molecule has 1 aromatic carbocycles. The van der Waals surface area contributed by atoms with Crippen LogP contribution in [0.1, 0.15) is 6.92 Å². The minimum Gasteiger partial charge on any atom is -0.497 e. The quantitative estimate of drug-likeness (QED) is 0.770. The second-order valence-corrected chi connectivity index (χ2v) is 5.26. The number of aromatic nitrogens is 2. The van der Waals surface area contributed by atoms with Gasteiger partial charge in [-0.1, -0.05) is 12.1 Å². The number of carbonyl (C=O) groups excluding carboxylic acids is 2. The lowest BCUT2D eigenvalue weighted by atomic mass is 10.1. The highest BCUT2D eigenvalue weighted by atomic mass is 16.5. The largest absolute Gasteiger partial charge is 0.497 e. The Hall–Kier alpha value is -3.16. The number of nitrogens with one attached hydrogen (secondary N) is 1. The summed E-state index contributed by atoms with van der Waals surface area (Å²) in [7, 11) is 2.79. The highest BCUT2D eigenvalue weighted by molar-refractivity contribution is 5.83. The summed E-state index contributed by atoms with van der Waals surface area (Å²) in [4.78, 5) is 35.3. The van der Waals surface area contributed by atoms with Gasteiger partial charge in [-0.25, -0.2) is 9.48 Å². The third-order valence-corrected chi connectivity index (χ3v) is 3.46. The molecule has 0 spiro atoms. The number of carbonyl (C=O) groups is 2. The average Bonchev–Trinajstić information content (AvgIpc) is 2.62. The first-order chi connectivity index (χ1) is 11.9. The van der Waals surface area contributed by atoms with E-state index in [9.17, 15) is 14.4 Å². The molecule has 0 saturated carbocycles. The lowest BCUT2D eigenvalue weighted by Gasteiger charge is -2.12. The SMILES string of the molecule is COC(=O)C(C)NC(=O)Cn1nc(-c2cccc(OC)c2)ccc1=O. The second kappa shape index (κ2) is 8.09. The molecule has 8 nitrogen and oxygen atoms in total. The predicted molar refractivity (Wildman–Crippen MR) is 90.1 cm³/mol. The third kappa shape index (κ3) is 4.66. The molecule has 0 aliphatic heterocycles. The number of hydrogen-bond acceptors (Lipinski definition) is 6. The Kier molecular flexibility index (Phi) is 5.89. The Morgan fingerprint density at radius 3 is 2.68 bits per heavy atom. The molecule has 2 rings (SSSR count). The van der Waals surface area contributed by atoms with Crippen LogP contribution in [0.2, 0.25) is 0 Å². The normalized spacial score (nSPS) is 11.5. The van der Waals surface area contributed by atoms with Crippen LogP contribution in [0.15, 0.2) is 41.2 Å². The van der Waals surface area contributed by atoms with Crippen molar-refractivity contribution in [2.45, 2.75) is 19.5 Å². The van der Waals surface area contributed by atoms with Gasteiger partial charge >= 0.3 is 5.97 Å². The number of methoxy groups -OCH3 is 2. The first-order valence-electron chi connectivity index (χ1n) is 7.54. The molecule has 0 aliphatic rings. The monoisotopic (exact) mass is 345 g/mol. The fraction of sp³-hybridized carbons (Fsp3) is 0.294. The first-order valence-corrected chi connectivity index (χ1v) is 7.54. The van der Waals surface area contributed by atoms with Crippen molar-refractivity contribution in [3.8, 4) is 17.0 Å². The standard InChI is InChI=1S/C17H19N3O5/c1-11(17(23)25-3)18-15(21)10-20-16(22)8-7-14(19-20)12-5-4-6-13(9-12)24-2/h4-9,11H,10H2,1-3H3,(H,18,21). The summed E-state index contributed by atoms with van der Waals surface area (Å²) in [6.07, 6.45) is 0. The summed E-state index contributed by atoms with van der Waals surface area (Å²) >= 11 is 0. The van der Waals surface area contributed by atoms with Gasteiger partial charge < -0.3 is 14.8 Å². The van der Waals surface area contributed by atoms with Crippen LogP contribution in [0.25, 0.3) is 11.3 Å². The lowest BCUT2D eigenvalue weighted by molar-refractivity contribution is -0.144. The zero-order valence-electron chi connectivity index (χ0n) is 14.2. The number of rotatable bonds is 6. The molecular weight excluding hydrogens is 326 g/mol. The molecule has 1 N–H and O–H groups in total. The van der Waals surface area contributed by atoms with Crippen LogP contribution < -0.4 is 15.6 Å². The molecule has 0 saturated heterocycles. The summed E-state index contributed by atoms with van der Waals surface area (Å²) in [6, 6.07) is 9.28. The van der Waals surface area contributed by atoms with Crippen molar-refractivity contribution in [3.05, 3.63) is 46.8 Å². The summed E-state index contributed by atoms with van der Waals surface area (Å²) in [5.41, 5.74) is 0.844. The zero-order chi connectivity index (χ0) is 18.4. The van der Waals surface area contributed by atoms with Gasteiger partial charge in [0, 0.05) is 11.6 Å². The predicted octanol–water partition coefficient (Wildman–Crippen LogP) is 0.597. The number of esters is 1. The number of hydrogen-bond donors (Lipinski definition) is 1. The van der Waals surface area contributed by atoms with E-state index in [1.54, 1.807) is 31.4 Å². The molecule has 132 valence electrons. The van der Waals surface area contributed by atoms with Gasteiger partial charge in [0.1, 0.15) is 18.3 Å². The molecule has 1 aromatic heterocycles. The molecule has 0 radical (unpaired) electrons. The number of nitrogens with zero attached hydrogens (tertiary/aromatic N) is 2. The summed E-state index contributed by atoms with van der Waals surface area (Å²) < 4.78 is 10.7. The number of benzene rings is 1. The molecule has 8 heteroatoms. The van der Waals surface area contributed by atoms with Gasteiger partial charge in [0.2, 0.25) is 5.91 Å². The van der Waals surface area contributed by atoms with Crippen LogP contribution in [0.5, 0.6) is 5.75 Å². The minimum absolute atomic E-state index is 0.308. The molecule has 0 aliphatic carbocycles. The van der Waals surface area contributed by atoms with E-state index in [2.05, 4.69) is 15.2 Å². The number of amides is 1. The maximum absolute atomic E-state index is 12.0. The lowest BCUT2D eigenvalue weighted by Crippen LogP contribution is -2.42. The zero-order valence-corrected chi connectivity index (χ0v) is 14.2. The van der Waals surface area contributed by atoms with Gasteiger partial charge in [0.05, 0.1) is 19.9 Å². The van der Waals surface area contributed by atoms with Crippen molar-refractivity contribution in [2.75, 3.05) is 14.2 Å². The van der Waals surface area contributed by atoms with Crippen molar-refractivity contribution < 1.29 is 19.1 Å². The Morgan fingerprint density at radius 1 is 1.24 bits per heavy atom. The van der Waals surface area contributed by atoms with Crippen LogP contribution in [0.3, 0.4) is 0 Å². The van der Waals surface area contributed by atoms with E-state index in [1.807, 2.05) is 6.07 Å². The van der Waals surface area contributed by atoms with E-state index in [0.717, 1.165) is 10.2 Å². The summed E-state index contributed by atoms with van der Waals surface area (Å²) in [5, 5.41) is 6.65. The van der Waals surface area contributed by atoms with Gasteiger partial charge in [-0.3, -0.25) is 9.59 Å². The molecule has 1 unspecified atom stereocenters. The molecule has 0 bridgehead atoms. The Balaban J connectivity index is 2.20.